The fraction of sp³-hybridized carbons (Fsp3) is 0.259. The molecule has 0 saturated heterocycles. The molecule has 2 atom stereocenters. The van der Waals surface area contributed by atoms with Gasteiger partial charge in [-0.3, -0.25) is 9.59 Å². The monoisotopic (exact) mass is 509 g/mol. The number of nitrogens with two attached hydrogens (primary N) is 1. The van der Waals surface area contributed by atoms with E-state index in [1.165, 1.54) is 12.4 Å². The van der Waals surface area contributed by atoms with Crippen molar-refractivity contribution >= 4 is 29.0 Å². The molecule has 0 saturated carbocycles. The molecule has 0 radical (unpaired) electrons. The van der Waals surface area contributed by atoms with Gasteiger partial charge in [-0.25, -0.2) is 9.97 Å². The Bertz CT molecular complexity index is 1500. The first-order valence-corrected chi connectivity index (χ1v) is 11.8. The van der Waals surface area contributed by atoms with Gasteiger partial charge < -0.3 is 20.9 Å². The van der Waals surface area contributed by atoms with Crippen LogP contribution in [-0.2, 0) is 4.79 Å². The molecule has 3 N–H and O–H groups in total. The highest BCUT2D eigenvalue weighted by molar-refractivity contribution is 6.05. The minimum atomic E-state index is -0.972. The van der Waals surface area contributed by atoms with Gasteiger partial charge in [-0.2, -0.15) is 0 Å². The standard InChI is InChI=1S/C27H27N9O2/c1-16-5-7-20(11-19(16)8-6-18-13-30-27(28)31-14-18)26(38)32-21-9-10-22-17(2)36(23(22)12-21)25(33-34-29)24(37)15-35(3)4/h5,7,9-14,17,25H,15H2,1-4H3,(H,32,38)(H2,28,30,31). The van der Waals surface area contributed by atoms with E-state index in [0.29, 0.717) is 22.4 Å². The average molecular weight is 510 g/mol. The number of aromatic nitrogens is 2. The molecule has 1 aliphatic heterocycles. The third-order valence-electron chi connectivity index (χ3n) is 6.13. The third-order valence-corrected chi connectivity index (χ3v) is 6.13. The number of aryl methyl sites for hydroxylation is 1. The molecule has 0 aliphatic carbocycles. The number of Topliss-reactive ketones (excluding diaryl/α,β-unsaturated/α-hetero) is 1. The number of carbonyl (C=O) groups excluding carboxylic acids is 2. The summed E-state index contributed by atoms with van der Waals surface area (Å²) in [7, 11) is 3.56. The van der Waals surface area contributed by atoms with Crippen LogP contribution in [0.1, 0.15) is 45.6 Å². The number of nitrogen functional groups attached to an aromatic ring is 1. The van der Waals surface area contributed by atoms with Crippen molar-refractivity contribution < 1.29 is 9.59 Å². The van der Waals surface area contributed by atoms with Gasteiger partial charge in [0.25, 0.3) is 5.91 Å². The molecule has 4 rings (SSSR count). The van der Waals surface area contributed by atoms with Gasteiger partial charge >= 0.3 is 0 Å². The Morgan fingerprint density at radius 3 is 2.63 bits per heavy atom. The second-order valence-corrected chi connectivity index (χ2v) is 9.20. The van der Waals surface area contributed by atoms with Crippen molar-refractivity contribution in [1.82, 2.24) is 14.9 Å². The molecule has 1 aromatic heterocycles. The van der Waals surface area contributed by atoms with Crippen LogP contribution in [0.2, 0.25) is 0 Å². The number of likely N-dealkylation sites (N-methyl/N-ethyl adjacent to an activating group) is 1. The first kappa shape index (κ1) is 26.2. The van der Waals surface area contributed by atoms with E-state index < -0.39 is 6.17 Å². The largest absolute Gasteiger partial charge is 0.368 e. The van der Waals surface area contributed by atoms with E-state index in [2.05, 4.69) is 37.2 Å². The number of nitrogens with zero attached hydrogens (tertiary/aromatic N) is 7. The summed E-state index contributed by atoms with van der Waals surface area (Å²) in [5, 5.41) is 6.67. The zero-order valence-electron chi connectivity index (χ0n) is 21.5. The molecular weight excluding hydrogens is 482 g/mol. The highest BCUT2D eigenvalue weighted by Crippen LogP contribution is 2.46. The average Bonchev–Trinajstić information content (AvgIpc) is 2.88. The molecule has 2 heterocycles. The molecule has 11 nitrogen and oxygen atoms in total. The van der Waals surface area contributed by atoms with Gasteiger partial charge in [0, 0.05) is 39.8 Å². The Morgan fingerprint density at radius 1 is 1.21 bits per heavy atom. The molecule has 0 bridgehead atoms. The molecule has 1 aliphatic rings. The first-order chi connectivity index (χ1) is 18.2. The fourth-order valence-electron chi connectivity index (χ4n) is 4.19. The Morgan fingerprint density at radius 2 is 1.95 bits per heavy atom. The topological polar surface area (TPSA) is 153 Å². The third kappa shape index (κ3) is 5.57. The summed E-state index contributed by atoms with van der Waals surface area (Å²) in [5.74, 6) is 5.70. The number of ketones is 1. The number of hydrogen-bond donors (Lipinski definition) is 2. The zero-order chi connectivity index (χ0) is 27.4. The number of carbonyl (C=O) groups is 2. The van der Waals surface area contributed by atoms with Gasteiger partial charge in [-0.15, -0.1) is 0 Å². The van der Waals surface area contributed by atoms with Gasteiger partial charge in [-0.05, 0) is 68.9 Å². The Labute approximate surface area is 220 Å². The molecular formula is C27H27N9O2. The highest BCUT2D eigenvalue weighted by atomic mass is 16.1. The van der Waals surface area contributed by atoms with Crippen molar-refractivity contribution in [3.05, 3.63) is 87.1 Å². The smallest absolute Gasteiger partial charge is 0.255 e. The maximum atomic E-state index is 13.1. The normalized spacial score (nSPS) is 14.3. The summed E-state index contributed by atoms with van der Waals surface area (Å²) in [5.41, 5.74) is 19.5. The summed E-state index contributed by atoms with van der Waals surface area (Å²) >= 11 is 0. The lowest BCUT2D eigenvalue weighted by atomic mass is 9.92. The first-order valence-electron chi connectivity index (χ1n) is 11.8. The fourth-order valence-corrected chi connectivity index (χ4v) is 4.19. The summed E-state index contributed by atoms with van der Waals surface area (Å²) in [6.07, 6.45) is 2.11. The number of amides is 1. The molecule has 0 spiro atoms. The number of anilines is 3. The second kappa shape index (κ2) is 11.0. The molecule has 3 aromatic rings. The van der Waals surface area contributed by atoms with Crippen LogP contribution in [-0.4, -0.2) is 53.4 Å². The minimum Gasteiger partial charge on any atom is -0.368 e. The van der Waals surface area contributed by atoms with E-state index in [1.807, 2.05) is 32.0 Å². The lowest BCUT2D eigenvalue weighted by Gasteiger charge is -2.46. The van der Waals surface area contributed by atoms with Crippen LogP contribution in [0.25, 0.3) is 10.4 Å². The van der Waals surface area contributed by atoms with E-state index in [4.69, 9.17) is 11.3 Å². The molecule has 11 heteroatoms. The summed E-state index contributed by atoms with van der Waals surface area (Å²) in [6.45, 7) is 3.99. The lowest BCUT2D eigenvalue weighted by Crippen LogP contribution is -2.49. The lowest BCUT2D eigenvalue weighted by molar-refractivity contribution is -0.121. The summed E-state index contributed by atoms with van der Waals surface area (Å²) in [6, 6.07) is 10.7. The molecule has 2 unspecified atom stereocenters. The van der Waals surface area contributed by atoms with Crippen LogP contribution >= 0.6 is 0 Å². The number of fused-ring (bicyclic) bond motifs is 1. The van der Waals surface area contributed by atoms with Crippen LogP contribution in [0.3, 0.4) is 0 Å². The van der Waals surface area contributed by atoms with Gasteiger partial charge in [0.15, 0.2) is 11.9 Å². The molecule has 38 heavy (non-hydrogen) atoms. The molecule has 192 valence electrons. The number of benzene rings is 2. The van der Waals surface area contributed by atoms with Crippen molar-refractivity contribution in [2.75, 3.05) is 36.6 Å². The quantitative estimate of drug-likeness (QED) is 0.213. The summed E-state index contributed by atoms with van der Waals surface area (Å²) < 4.78 is 0. The number of azide groups is 1. The second-order valence-electron chi connectivity index (χ2n) is 9.20. The van der Waals surface area contributed by atoms with Crippen molar-refractivity contribution in [3.8, 4) is 11.8 Å². The summed E-state index contributed by atoms with van der Waals surface area (Å²) in [4.78, 5) is 40.1. The van der Waals surface area contributed by atoms with Crippen LogP contribution in [0, 0.1) is 18.8 Å². The van der Waals surface area contributed by atoms with E-state index in [0.717, 1.165) is 16.8 Å². The predicted molar refractivity (Wildman–Crippen MR) is 145 cm³/mol. The Balaban J connectivity index is 1.54. The molecule has 2 aromatic carbocycles. The molecule has 0 fully saturated rings. The predicted octanol–water partition coefficient (Wildman–Crippen LogP) is 3.67. The Kier molecular flexibility index (Phi) is 7.58. The van der Waals surface area contributed by atoms with E-state index in [1.54, 1.807) is 42.1 Å². The number of nitrogens with one attached hydrogen (secondary N) is 1. The Hall–Kier alpha value is -4.91. The van der Waals surface area contributed by atoms with E-state index in [-0.39, 0.29) is 30.2 Å². The molecule has 1 amide bonds. The maximum Gasteiger partial charge on any atom is 0.255 e. The number of hydrogen-bond acceptors (Lipinski definition) is 8. The van der Waals surface area contributed by atoms with Crippen molar-refractivity contribution in [1.29, 1.82) is 0 Å². The van der Waals surface area contributed by atoms with Crippen molar-refractivity contribution in [2.24, 2.45) is 5.11 Å². The van der Waals surface area contributed by atoms with E-state index >= 15 is 0 Å². The van der Waals surface area contributed by atoms with Crippen molar-refractivity contribution in [3.63, 3.8) is 0 Å². The maximum absolute atomic E-state index is 13.1. The van der Waals surface area contributed by atoms with E-state index in [9.17, 15) is 9.59 Å². The minimum absolute atomic E-state index is 0.110. The van der Waals surface area contributed by atoms with Crippen molar-refractivity contribution in [2.45, 2.75) is 26.1 Å². The highest BCUT2D eigenvalue weighted by Gasteiger charge is 2.39. The van der Waals surface area contributed by atoms with Crippen LogP contribution < -0.4 is 16.0 Å². The van der Waals surface area contributed by atoms with Gasteiger partial charge in [0.1, 0.15) is 0 Å². The SMILES string of the molecule is Cc1ccc(C(=O)Nc2ccc3c(c2)N(C(N=[N+]=[N-])C(=O)CN(C)C)C3C)cc1C#Cc1cnc(N)nc1. The van der Waals surface area contributed by atoms with Crippen LogP contribution in [0.15, 0.2) is 53.9 Å². The van der Waals surface area contributed by atoms with Gasteiger partial charge in [0.05, 0.1) is 18.2 Å². The zero-order valence-corrected chi connectivity index (χ0v) is 21.5. The van der Waals surface area contributed by atoms with Gasteiger partial charge in [0.2, 0.25) is 5.95 Å². The van der Waals surface area contributed by atoms with Crippen LogP contribution in [0.4, 0.5) is 17.3 Å². The van der Waals surface area contributed by atoms with Crippen LogP contribution in [0.5, 0.6) is 0 Å². The van der Waals surface area contributed by atoms with Gasteiger partial charge in [-0.1, -0.05) is 29.1 Å². The number of rotatable bonds is 7.